The van der Waals surface area contributed by atoms with E-state index in [-0.39, 0.29) is 11.8 Å². The number of unbranched alkanes of at least 4 members (excludes halogenated alkanes) is 1. The molecule has 0 atom stereocenters. The van der Waals surface area contributed by atoms with Crippen LogP contribution in [0.2, 0.25) is 5.02 Å². The number of nitrogens with zero attached hydrogens (tertiary/aromatic N) is 3. The van der Waals surface area contributed by atoms with Crippen molar-refractivity contribution in [3.05, 3.63) is 65.0 Å². The van der Waals surface area contributed by atoms with E-state index in [4.69, 9.17) is 11.6 Å². The number of anilines is 2. The first-order valence-corrected chi connectivity index (χ1v) is 10.6. The molecule has 2 N–H and O–H groups in total. The Morgan fingerprint density at radius 1 is 1.19 bits per heavy atom. The molecular weight excluding hydrogens is 417 g/mol. The lowest BCUT2D eigenvalue weighted by molar-refractivity contribution is 0.0953. The van der Waals surface area contributed by atoms with Gasteiger partial charge in [0.15, 0.2) is 0 Å². The monoisotopic (exact) mass is 441 g/mol. The summed E-state index contributed by atoms with van der Waals surface area (Å²) in [6.45, 7) is 6.69. The highest BCUT2D eigenvalue weighted by atomic mass is 35.5. The third-order valence-corrected chi connectivity index (χ3v) is 5.02. The van der Waals surface area contributed by atoms with Gasteiger partial charge in [0, 0.05) is 35.2 Å². The van der Waals surface area contributed by atoms with Crippen LogP contribution in [0.25, 0.3) is 11.3 Å². The topological polar surface area (TPSA) is 79.8 Å². The number of benzene rings is 1. The van der Waals surface area contributed by atoms with Crippen molar-refractivity contribution in [2.45, 2.75) is 39.5 Å². The molecule has 162 valence electrons. The Bertz CT molecular complexity index is 1070. The fourth-order valence-corrected chi connectivity index (χ4v) is 3.24. The zero-order valence-electron chi connectivity index (χ0n) is 17.7. The summed E-state index contributed by atoms with van der Waals surface area (Å²) in [5.74, 6) is -0.164. The van der Waals surface area contributed by atoms with Gasteiger partial charge in [0.25, 0.3) is 5.91 Å². The van der Waals surface area contributed by atoms with Crippen LogP contribution in [0.5, 0.6) is 0 Å². The molecule has 6 nitrogen and oxygen atoms in total. The van der Waals surface area contributed by atoms with Crippen LogP contribution in [0.3, 0.4) is 0 Å². The van der Waals surface area contributed by atoms with E-state index in [9.17, 15) is 9.18 Å². The Hall–Kier alpha value is -3.06. The minimum atomic E-state index is -0.418. The summed E-state index contributed by atoms with van der Waals surface area (Å²) < 4.78 is 14.4. The Morgan fingerprint density at radius 2 is 2.00 bits per heavy atom. The van der Waals surface area contributed by atoms with Crippen LogP contribution in [0.15, 0.2) is 43.0 Å². The van der Waals surface area contributed by atoms with E-state index in [0.717, 1.165) is 18.4 Å². The maximum absolute atomic E-state index is 14.4. The first-order chi connectivity index (χ1) is 14.9. The summed E-state index contributed by atoms with van der Waals surface area (Å²) in [5.41, 5.74) is 2.64. The van der Waals surface area contributed by atoms with Gasteiger partial charge in [0.1, 0.15) is 23.5 Å². The second-order valence-corrected chi connectivity index (χ2v) is 7.89. The molecule has 0 fully saturated rings. The predicted octanol–water partition coefficient (Wildman–Crippen LogP) is 5.73. The molecule has 0 saturated carbocycles. The summed E-state index contributed by atoms with van der Waals surface area (Å²) in [5, 5.41) is 6.53. The van der Waals surface area contributed by atoms with Gasteiger partial charge in [-0.05, 0) is 42.2 Å². The van der Waals surface area contributed by atoms with Gasteiger partial charge in [-0.2, -0.15) is 0 Å². The average molecular weight is 442 g/mol. The molecule has 2 aromatic heterocycles. The molecule has 0 bridgehead atoms. The largest absolute Gasteiger partial charge is 0.352 e. The number of carbonyl (C=O) groups excluding carboxylic acids is 1. The number of pyridine rings is 1. The predicted molar refractivity (Wildman–Crippen MR) is 121 cm³/mol. The van der Waals surface area contributed by atoms with E-state index in [1.54, 1.807) is 12.3 Å². The molecule has 0 unspecified atom stereocenters. The van der Waals surface area contributed by atoms with E-state index < -0.39 is 5.82 Å². The molecule has 0 radical (unpaired) electrons. The number of hydrogen-bond donors (Lipinski definition) is 2. The van der Waals surface area contributed by atoms with Crippen molar-refractivity contribution in [1.82, 2.24) is 20.3 Å². The number of halogens is 2. The minimum Gasteiger partial charge on any atom is -0.352 e. The minimum absolute atomic E-state index is 0.136. The van der Waals surface area contributed by atoms with Crippen molar-refractivity contribution in [2.24, 2.45) is 0 Å². The van der Waals surface area contributed by atoms with Gasteiger partial charge >= 0.3 is 0 Å². The summed E-state index contributed by atoms with van der Waals surface area (Å²) in [7, 11) is 0. The standard InChI is InChI=1S/C23H25ClFN5O/c1-4-5-8-27-23(31)18-11-26-13-29-22(18)30-21-10-20(28-12-17(21)14(2)3)16-9-15(24)6-7-19(16)25/h6-7,9-14H,4-5,8H2,1-3H3,(H,27,31)(H,26,28,29,30). The lowest BCUT2D eigenvalue weighted by Crippen LogP contribution is -2.25. The summed E-state index contributed by atoms with van der Waals surface area (Å²) in [4.78, 5) is 25.3. The molecule has 0 saturated heterocycles. The molecule has 1 amide bonds. The Morgan fingerprint density at radius 3 is 2.74 bits per heavy atom. The number of carbonyl (C=O) groups is 1. The molecule has 0 spiro atoms. The van der Waals surface area contributed by atoms with Crippen LogP contribution in [-0.4, -0.2) is 27.4 Å². The van der Waals surface area contributed by atoms with Gasteiger partial charge in [-0.1, -0.05) is 38.8 Å². The first kappa shape index (κ1) is 22.6. The lowest BCUT2D eigenvalue weighted by Gasteiger charge is -2.17. The Labute approximate surface area is 186 Å². The number of amides is 1. The van der Waals surface area contributed by atoms with Crippen LogP contribution in [0.4, 0.5) is 15.9 Å². The molecule has 0 aliphatic rings. The van der Waals surface area contributed by atoms with Crippen LogP contribution in [0, 0.1) is 5.82 Å². The Balaban J connectivity index is 1.99. The van der Waals surface area contributed by atoms with Crippen molar-refractivity contribution >= 4 is 29.0 Å². The third-order valence-electron chi connectivity index (χ3n) is 4.79. The molecule has 0 aliphatic carbocycles. The van der Waals surface area contributed by atoms with Crippen LogP contribution in [0.1, 0.15) is 55.5 Å². The molecule has 3 rings (SSSR count). The van der Waals surface area contributed by atoms with Crippen LogP contribution in [-0.2, 0) is 0 Å². The highest BCUT2D eigenvalue weighted by molar-refractivity contribution is 6.30. The van der Waals surface area contributed by atoms with Crippen molar-refractivity contribution in [1.29, 1.82) is 0 Å². The maximum Gasteiger partial charge on any atom is 0.256 e. The normalized spacial score (nSPS) is 10.9. The average Bonchev–Trinajstić information content (AvgIpc) is 2.75. The number of aromatic nitrogens is 3. The van der Waals surface area contributed by atoms with Gasteiger partial charge in [-0.25, -0.2) is 14.4 Å². The van der Waals surface area contributed by atoms with E-state index in [2.05, 4.69) is 32.5 Å². The summed E-state index contributed by atoms with van der Waals surface area (Å²) in [6, 6.07) is 6.08. The quantitative estimate of drug-likeness (QED) is 0.436. The van der Waals surface area contributed by atoms with Gasteiger partial charge < -0.3 is 10.6 Å². The van der Waals surface area contributed by atoms with E-state index in [0.29, 0.717) is 39.9 Å². The molecule has 31 heavy (non-hydrogen) atoms. The van der Waals surface area contributed by atoms with Crippen molar-refractivity contribution in [3.63, 3.8) is 0 Å². The number of rotatable bonds is 8. The molecule has 3 aromatic rings. The molecule has 0 aliphatic heterocycles. The van der Waals surface area contributed by atoms with E-state index in [1.165, 1.54) is 30.7 Å². The fourth-order valence-electron chi connectivity index (χ4n) is 3.07. The smallest absolute Gasteiger partial charge is 0.256 e. The highest BCUT2D eigenvalue weighted by Crippen LogP contribution is 2.32. The highest BCUT2D eigenvalue weighted by Gasteiger charge is 2.17. The molecule has 1 aromatic carbocycles. The maximum atomic E-state index is 14.4. The SMILES string of the molecule is CCCCNC(=O)c1cncnc1Nc1cc(-c2cc(Cl)ccc2F)ncc1C(C)C. The van der Waals surface area contributed by atoms with Crippen molar-refractivity contribution < 1.29 is 9.18 Å². The molecule has 2 heterocycles. The van der Waals surface area contributed by atoms with Gasteiger partial charge in [-0.3, -0.25) is 9.78 Å². The Kier molecular flexibility index (Phi) is 7.52. The second-order valence-electron chi connectivity index (χ2n) is 7.46. The zero-order valence-corrected chi connectivity index (χ0v) is 18.5. The molecular formula is C23H25ClFN5O. The van der Waals surface area contributed by atoms with Gasteiger partial charge in [-0.15, -0.1) is 0 Å². The number of hydrogen-bond acceptors (Lipinski definition) is 5. The first-order valence-electron chi connectivity index (χ1n) is 10.2. The van der Waals surface area contributed by atoms with Crippen molar-refractivity contribution in [2.75, 3.05) is 11.9 Å². The third kappa shape index (κ3) is 5.55. The molecule has 8 heteroatoms. The zero-order chi connectivity index (χ0) is 22.4. The number of nitrogens with one attached hydrogen (secondary N) is 2. The van der Waals surface area contributed by atoms with E-state index in [1.807, 2.05) is 13.8 Å². The lowest BCUT2D eigenvalue weighted by atomic mass is 10.0. The van der Waals surface area contributed by atoms with Crippen LogP contribution < -0.4 is 10.6 Å². The van der Waals surface area contributed by atoms with E-state index >= 15 is 0 Å². The summed E-state index contributed by atoms with van der Waals surface area (Å²) >= 11 is 6.05. The van der Waals surface area contributed by atoms with Gasteiger partial charge in [0.2, 0.25) is 0 Å². The van der Waals surface area contributed by atoms with Crippen LogP contribution >= 0.6 is 11.6 Å². The van der Waals surface area contributed by atoms with Crippen molar-refractivity contribution in [3.8, 4) is 11.3 Å². The summed E-state index contributed by atoms with van der Waals surface area (Å²) in [6.07, 6.45) is 6.42. The second kappa shape index (κ2) is 10.3. The van der Waals surface area contributed by atoms with Gasteiger partial charge in [0.05, 0.1) is 5.69 Å². The fraction of sp³-hybridized carbons (Fsp3) is 0.304.